The number of nitrogens with zero attached hydrogens (tertiary/aromatic N) is 2. The monoisotopic (exact) mass is 205 g/mol. The zero-order valence-corrected chi connectivity index (χ0v) is 9.03. The van der Waals surface area contributed by atoms with Crippen molar-refractivity contribution in [3.63, 3.8) is 0 Å². The molecule has 4 nitrogen and oxygen atoms in total. The van der Waals surface area contributed by atoms with Crippen molar-refractivity contribution < 1.29 is 4.74 Å². The lowest BCUT2D eigenvalue weighted by molar-refractivity contribution is 0.218. The van der Waals surface area contributed by atoms with E-state index in [1.807, 2.05) is 19.9 Å². The van der Waals surface area contributed by atoms with E-state index in [4.69, 9.17) is 15.7 Å². The molecule has 0 aliphatic carbocycles. The van der Waals surface area contributed by atoms with E-state index in [1.165, 1.54) is 0 Å². The molecule has 0 radical (unpaired) electrons. The summed E-state index contributed by atoms with van der Waals surface area (Å²) in [6, 6.07) is 5.26. The zero-order chi connectivity index (χ0) is 11.3. The topological polar surface area (TPSA) is 71.9 Å². The second-order valence-corrected chi connectivity index (χ2v) is 3.79. The van der Waals surface area contributed by atoms with E-state index in [1.54, 1.807) is 18.3 Å². The van der Waals surface area contributed by atoms with Gasteiger partial charge in [-0.1, -0.05) is 6.92 Å². The molecule has 1 aromatic heterocycles. The minimum absolute atomic E-state index is 0.357. The van der Waals surface area contributed by atoms with Crippen LogP contribution in [0.2, 0.25) is 0 Å². The first-order chi connectivity index (χ1) is 7.07. The van der Waals surface area contributed by atoms with Crippen LogP contribution in [-0.2, 0) is 0 Å². The molecular weight excluding hydrogens is 190 g/mol. The summed E-state index contributed by atoms with van der Waals surface area (Å²) in [6.07, 6.45) is 2.37. The van der Waals surface area contributed by atoms with Gasteiger partial charge in [-0.25, -0.2) is 4.98 Å². The fourth-order valence-electron chi connectivity index (χ4n) is 0.899. The Morgan fingerprint density at radius 1 is 1.67 bits per heavy atom. The highest BCUT2D eigenvalue weighted by atomic mass is 16.5. The van der Waals surface area contributed by atoms with Crippen LogP contribution < -0.4 is 10.5 Å². The molecular formula is C11H15N3O. The number of pyridine rings is 1. The van der Waals surface area contributed by atoms with Crippen LogP contribution in [0.3, 0.4) is 0 Å². The van der Waals surface area contributed by atoms with Crippen molar-refractivity contribution in [2.45, 2.75) is 25.8 Å². The van der Waals surface area contributed by atoms with Crippen molar-refractivity contribution in [1.82, 2.24) is 4.98 Å². The molecule has 0 fully saturated rings. The number of aromatic nitrogens is 1. The van der Waals surface area contributed by atoms with E-state index >= 15 is 0 Å². The summed E-state index contributed by atoms with van der Waals surface area (Å²) in [5.41, 5.74) is 6.10. The van der Waals surface area contributed by atoms with Crippen LogP contribution >= 0.6 is 0 Å². The third kappa shape index (κ3) is 3.56. The molecule has 0 saturated carbocycles. The molecule has 0 aliphatic rings. The van der Waals surface area contributed by atoms with Gasteiger partial charge in [-0.2, -0.15) is 5.26 Å². The lowest BCUT2D eigenvalue weighted by Gasteiger charge is -2.22. The largest absolute Gasteiger partial charge is 0.476 e. The number of hydrogen-bond acceptors (Lipinski definition) is 4. The van der Waals surface area contributed by atoms with Gasteiger partial charge in [0.15, 0.2) is 0 Å². The van der Waals surface area contributed by atoms with Crippen molar-refractivity contribution in [3.05, 3.63) is 23.9 Å². The average Bonchev–Trinajstić information content (AvgIpc) is 2.27. The van der Waals surface area contributed by atoms with Crippen molar-refractivity contribution in [2.24, 2.45) is 5.73 Å². The first-order valence-corrected chi connectivity index (χ1v) is 4.85. The fourth-order valence-corrected chi connectivity index (χ4v) is 0.899. The van der Waals surface area contributed by atoms with E-state index in [0.29, 0.717) is 18.1 Å². The van der Waals surface area contributed by atoms with Crippen molar-refractivity contribution in [3.8, 4) is 11.9 Å². The van der Waals surface area contributed by atoms with Gasteiger partial charge in [0.05, 0.1) is 11.6 Å². The molecule has 0 aromatic carbocycles. The van der Waals surface area contributed by atoms with Crippen LogP contribution in [0.25, 0.3) is 0 Å². The van der Waals surface area contributed by atoms with Gasteiger partial charge < -0.3 is 10.5 Å². The summed E-state index contributed by atoms with van der Waals surface area (Å²) in [5.74, 6) is 0.444. The van der Waals surface area contributed by atoms with Gasteiger partial charge >= 0.3 is 0 Å². The molecule has 80 valence electrons. The summed E-state index contributed by atoms with van der Waals surface area (Å²) in [7, 11) is 0. The summed E-state index contributed by atoms with van der Waals surface area (Å²) in [6.45, 7) is 4.31. The van der Waals surface area contributed by atoms with Crippen LogP contribution in [-0.4, -0.2) is 17.1 Å². The molecule has 0 spiro atoms. The third-order valence-electron chi connectivity index (χ3n) is 2.22. The van der Waals surface area contributed by atoms with Crippen molar-refractivity contribution >= 4 is 0 Å². The van der Waals surface area contributed by atoms with Crippen LogP contribution in [0.15, 0.2) is 18.3 Å². The molecule has 0 bridgehead atoms. The Morgan fingerprint density at radius 2 is 2.40 bits per heavy atom. The number of rotatable bonds is 4. The molecule has 0 aliphatic heterocycles. The molecule has 1 atom stereocenters. The van der Waals surface area contributed by atoms with E-state index in [2.05, 4.69) is 4.98 Å². The molecule has 1 unspecified atom stereocenters. The Labute approximate surface area is 89.7 Å². The molecule has 15 heavy (non-hydrogen) atoms. The molecule has 1 heterocycles. The Morgan fingerprint density at radius 3 is 3.00 bits per heavy atom. The highest BCUT2D eigenvalue weighted by Gasteiger charge is 2.16. The first kappa shape index (κ1) is 11.5. The first-order valence-electron chi connectivity index (χ1n) is 4.85. The normalized spacial score (nSPS) is 14.0. The van der Waals surface area contributed by atoms with E-state index < -0.39 is 0 Å². The number of hydrogen-bond donors (Lipinski definition) is 1. The number of ether oxygens (including phenoxy) is 1. The third-order valence-corrected chi connectivity index (χ3v) is 2.22. The minimum Gasteiger partial charge on any atom is -0.476 e. The zero-order valence-electron chi connectivity index (χ0n) is 9.03. The minimum atomic E-state index is -0.357. The van der Waals surface area contributed by atoms with Crippen LogP contribution in [0.4, 0.5) is 0 Å². The van der Waals surface area contributed by atoms with E-state index in [9.17, 15) is 0 Å². The van der Waals surface area contributed by atoms with Gasteiger partial charge in [0.25, 0.3) is 0 Å². The molecule has 0 amide bonds. The number of nitrogens with two attached hydrogens (primary N) is 1. The summed E-state index contributed by atoms with van der Waals surface area (Å²) in [5, 5.41) is 8.68. The van der Waals surface area contributed by atoms with E-state index in [0.717, 1.165) is 6.42 Å². The van der Waals surface area contributed by atoms with Crippen LogP contribution in [0.5, 0.6) is 5.88 Å². The Kier molecular flexibility index (Phi) is 3.64. The smallest absolute Gasteiger partial charge is 0.214 e. The molecule has 0 saturated heterocycles. The highest BCUT2D eigenvalue weighted by molar-refractivity contribution is 5.31. The molecule has 1 rings (SSSR count). The Balaban J connectivity index is 2.62. The second-order valence-electron chi connectivity index (χ2n) is 3.79. The van der Waals surface area contributed by atoms with Crippen LogP contribution in [0.1, 0.15) is 25.8 Å². The lowest BCUT2D eigenvalue weighted by atomic mass is 10.0. The Bertz CT molecular complexity index is 368. The van der Waals surface area contributed by atoms with Gasteiger partial charge in [0.1, 0.15) is 6.61 Å². The maximum atomic E-state index is 8.68. The van der Waals surface area contributed by atoms with Gasteiger partial charge in [-0.05, 0) is 19.4 Å². The molecule has 2 N–H and O–H groups in total. The molecule has 1 aromatic rings. The van der Waals surface area contributed by atoms with E-state index in [-0.39, 0.29) is 5.54 Å². The van der Waals surface area contributed by atoms with Crippen molar-refractivity contribution in [1.29, 1.82) is 5.26 Å². The lowest BCUT2D eigenvalue weighted by Crippen LogP contribution is -2.41. The maximum Gasteiger partial charge on any atom is 0.214 e. The van der Waals surface area contributed by atoms with Gasteiger partial charge in [-0.3, -0.25) is 0 Å². The van der Waals surface area contributed by atoms with Gasteiger partial charge in [0.2, 0.25) is 5.88 Å². The van der Waals surface area contributed by atoms with Gasteiger partial charge in [-0.15, -0.1) is 0 Å². The molecule has 4 heteroatoms. The van der Waals surface area contributed by atoms with Crippen molar-refractivity contribution in [2.75, 3.05) is 6.61 Å². The predicted molar refractivity (Wildman–Crippen MR) is 57.3 cm³/mol. The van der Waals surface area contributed by atoms with Gasteiger partial charge in [0, 0.05) is 17.8 Å². The predicted octanol–water partition coefficient (Wildman–Crippen LogP) is 1.46. The number of nitriles is 1. The Hall–Kier alpha value is -1.60. The summed E-state index contributed by atoms with van der Waals surface area (Å²) >= 11 is 0. The standard InChI is InChI=1S/C11H15N3O/c1-3-11(2,13)8-15-10-6-9(7-12)4-5-14-10/h4-6H,3,8,13H2,1-2H3. The maximum absolute atomic E-state index is 8.68. The van der Waals surface area contributed by atoms with Crippen LogP contribution in [0, 0.1) is 11.3 Å². The summed E-state index contributed by atoms with van der Waals surface area (Å²) < 4.78 is 5.42. The highest BCUT2D eigenvalue weighted by Crippen LogP contribution is 2.11. The quantitative estimate of drug-likeness (QED) is 0.807. The fraction of sp³-hybridized carbons (Fsp3) is 0.455. The average molecular weight is 205 g/mol. The second kappa shape index (κ2) is 4.76. The SMILES string of the molecule is CCC(C)(N)COc1cc(C#N)ccn1. The summed E-state index contributed by atoms with van der Waals surface area (Å²) in [4.78, 5) is 4.00.